The third-order valence-corrected chi connectivity index (χ3v) is 3.47. The fraction of sp³-hybridized carbons (Fsp3) is 0.357. The van der Waals surface area contributed by atoms with E-state index in [2.05, 4.69) is 33.3 Å². The van der Waals surface area contributed by atoms with Gasteiger partial charge in [0, 0.05) is 12.7 Å². The standard InChI is InChI=1S/C14H17BrFN3/c1-3-5-17-9-11-4-6-19(18-11)14-8-12(15)13(16)7-10(14)2/h4,6-8,17H,3,5,9H2,1-2H3. The lowest BCUT2D eigenvalue weighted by Gasteiger charge is -2.07. The van der Waals surface area contributed by atoms with Crippen molar-refractivity contribution in [2.24, 2.45) is 0 Å². The first-order valence-electron chi connectivity index (χ1n) is 6.33. The number of halogens is 2. The molecule has 0 atom stereocenters. The van der Waals surface area contributed by atoms with Crippen molar-refractivity contribution in [2.75, 3.05) is 6.54 Å². The average molecular weight is 326 g/mol. The Morgan fingerprint density at radius 2 is 2.21 bits per heavy atom. The molecule has 0 bridgehead atoms. The second kappa shape index (κ2) is 6.30. The first-order valence-corrected chi connectivity index (χ1v) is 7.12. The van der Waals surface area contributed by atoms with Crippen molar-refractivity contribution in [3.8, 4) is 5.69 Å². The number of hydrogen-bond acceptors (Lipinski definition) is 2. The number of aromatic nitrogens is 2. The highest BCUT2D eigenvalue weighted by Crippen LogP contribution is 2.23. The summed E-state index contributed by atoms with van der Waals surface area (Å²) in [6.07, 6.45) is 3.00. The van der Waals surface area contributed by atoms with Crippen molar-refractivity contribution in [3.05, 3.63) is 45.9 Å². The molecule has 0 aliphatic carbocycles. The van der Waals surface area contributed by atoms with E-state index < -0.39 is 0 Å². The van der Waals surface area contributed by atoms with Crippen molar-refractivity contribution in [3.63, 3.8) is 0 Å². The number of nitrogens with one attached hydrogen (secondary N) is 1. The molecule has 0 aliphatic heterocycles. The van der Waals surface area contributed by atoms with E-state index in [1.165, 1.54) is 6.07 Å². The van der Waals surface area contributed by atoms with Gasteiger partial charge in [0.25, 0.3) is 0 Å². The smallest absolute Gasteiger partial charge is 0.137 e. The van der Waals surface area contributed by atoms with Crippen LogP contribution in [0.15, 0.2) is 28.9 Å². The van der Waals surface area contributed by atoms with Gasteiger partial charge in [-0.25, -0.2) is 9.07 Å². The lowest BCUT2D eigenvalue weighted by atomic mass is 10.2. The van der Waals surface area contributed by atoms with Crippen LogP contribution in [0.4, 0.5) is 4.39 Å². The van der Waals surface area contributed by atoms with Gasteiger partial charge in [-0.3, -0.25) is 0 Å². The molecule has 0 saturated heterocycles. The van der Waals surface area contributed by atoms with Crippen LogP contribution < -0.4 is 5.32 Å². The highest BCUT2D eigenvalue weighted by Gasteiger charge is 2.08. The van der Waals surface area contributed by atoms with Gasteiger partial charge >= 0.3 is 0 Å². The van der Waals surface area contributed by atoms with Gasteiger partial charge < -0.3 is 5.32 Å². The first-order chi connectivity index (χ1) is 9.11. The molecule has 0 fully saturated rings. The van der Waals surface area contributed by atoms with Crippen LogP contribution in [0.5, 0.6) is 0 Å². The quantitative estimate of drug-likeness (QED) is 0.851. The summed E-state index contributed by atoms with van der Waals surface area (Å²) in [5, 5.41) is 7.80. The molecule has 2 rings (SSSR count). The fourth-order valence-corrected chi connectivity index (χ4v) is 2.20. The molecule has 5 heteroatoms. The van der Waals surface area contributed by atoms with Crippen LogP contribution in [0.1, 0.15) is 24.6 Å². The molecule has 0 unspecified atom stereocenters. The van der Waals surface area contributed by atoms with Gasteiger partial charge in [-0.05, 0) is 59.6 Å². The molecule has 2 aromatic rings. The predicted octanol–water partition coefficient (Wildman–Crippen LogP) is 3.58. The second-order valence-corrected chi connectivity index (χ2v) is 5.34. The van der Waals surface area contributed by atoms with Gasteiger partial charge in [0.05, 0.1) is 15.9 Å². The number of hydrogen-bond donors (Lipinski definition) is 1. The van der Waals surface area contributed by atoms with E-state index in [-0.39, 0.29) is 5.82 Å². The molecular weight excluding hydrogens is 309 g/mol. The maximum absolute atomic E-state index is 13.4. The van der Waals surface area contributed by atoms with Crippen LogP contribution in [0, 0.1) is 12.7 Å². The summed E-state index contributed by atoms with van der Waals surface area (Å²) in [5.41, 5.74) is 2.72. The summed E-state index contributed by atoms with van der Waals surface area (Å²) in [4.78, 5) is 0. The molecule has 1 aromatic heterocycles. The van der Waals surface area contributed by atoms with E-state index in [9.17, 15) is 4.39 Å². The van der Waals surface area contributed by atoms with E-state index >= 15 is 0 Å². The molecule has 0 spiro atoms. The van der Waals surface area contributed by atoms with Gasteiger partial charge in [-0.2, -0.15) is 5.10 Å². The molecule has 1 N–H and O–H groups in total. The van der Waals surface area contributed by atoms with Crippen LogP contribution in [0.25, 0.3) is 5.69 Å². The van der Waals surface area contributed by atoms with Crippen molar-refractivity contribution >= 4 is 15.9 Å². The fourth-order valence-electron chi connectivity index (χ4n) is 1.87. The maximum Gasteiger partial charge on any atom is 0.137 e. The summed E-state index contributed by atoms with van der Waals surface area (Å²) in [5.74, 6) is -0.252. The first kappa shape index (κ1) is 14.2. The Morgan fingerprint density at radius 1 is 1.42 bits per heavy atom. The second-order valence-electron chi connectivity index (χ2n) is 4.48. The Kier molecular flexibility index (Phi) is 4.71. The average Bonchev–Trinajstić information content (AvgIpc) is 2.83. The Hall–Kier alpha value is -1.20. The van der Waals surface area contributed by atoms with Crippen molar-refractivity contribution in [2.45, 2.75) is 26.8 Å². The number of nitrogens with zero attached hydrogens (tertiary/aromatic N) is 2. The third-order valence-electron chi connectivity index (χ3n) is 2.86. The van der Waals surface area contributed by atoms with Crippen LogP contribution in [-0.2, 0) is 6.54 Å². The lowest BCUT2D eigenvalue weighted by molar-refractivity contribution is 0.618. The largest absolute Gasteiger partial charge is 0.311 e. The summed E-state index contributed by atoms with van der Waals surface area (Å²) in [7, 11) is 0. The zero-order valence-electron chi connectivity index (χ0n) is 11.1. The SMILES string of the molecule is CCCNCc1ccn(-c2cc(Br)c(F)cc2C)n1. The Balaban J connectivity index is 2.20. The molecule has 1 aromatic carbocycles. The Morgan fingerprint density at radius 3 is 2.95 bits per heavy atom. The molecular formula is C14H17BrFN3. The van der Waals surface area contributed by atoms with E-state index in [0.29, 0.717) is 4.47 Å². The van der Waals surface area contributed by atoms with E-state index in [1.54, 1.807) is 10.7 Å². The van der Waals surface area contributed by atoms with Crippen molar-refractivity contribution < 1.29 is 4.39 Å². The molecule has 102 valence electrons. The van der Waals surface area contributed by atoms with Gasteiger partial charge in [-0.1, -0.05) is 6.92 Å². The highest BCUT2D eigenvalue weighted by molar-refractivity contribution is 9.10. The van der Waals surface area contributed by atoms with E-state index in [0.717, 1.165) is 36.5 Å². The summed E-state index contributed by atoms with van der Waals surface area (Å²) < 4.78 is 15.6. The number of aryl methyl sites for hydroxylation is 1. The summed E-state index contributed by atoms with van der Waals surface area (Å²) in [6.45, 7) is 5.74. The van der Waals surface area contributed by atoms with Gasteiger partial charge in [0.2, 0.25) is 0 Å². The minimum Gasteiger partial charge on any atom is -0.311 e. The summed E-state index contributed by atoms with van der Waals surface area (Å²) >= 11 is 3.21. The van der Waals surface area contributed by atoms with E-state index in [4.69, 9.17) is 0 Å². The molecule has 3 nitrogen and oxygen atoms in total. The van der Waals surface area contributed by atoms with Crippen LogP contribution >= 0.6 is 15.9 Å². The minimum atomic E-state index is -0.252. The number of benzene rings is 1. The van der Waals surface area contributed by atoms with Gasteiger partial charge in [0.15, 0.2) is 0 Å². The van der Waals surface area contributed by atoms with Crippen molar-refractivity contribution in [1.82, 2.24) is 15.1 Å². The van der Waals surface area contributed by atoms with Crippen molar-refractivity contribution in [1.29, 1.82) is 0 Å². The predicted molar refractivity (Wildman–Crippen MR) is 78.0 cm³/mol. The van der Waals surface area contributed by atoms with Crippen LogP contribution in [0.3, 0.4) is 0 Å². The molecule has 1 heterocycles. The molecule has 0 saturated carbocycles. The zero-order valence-corrected chi connectivity index (χ0v) is 12.7. The Bertz CT molecular complexity index is 566. The topological polar surface area (TPSA) is 29.9 Å². The van der Waals surface area contributed by atoms with E-state index in [1.807, 2.05) is 19.2 Å². The summed E-state index contributed by atoms with van der Waals surface area (Å²) in [6, 6.07) is 5.23. The molecule has 0 radical (unpaired) electrons. The van der Waals surface area contributed by atoms with Gasteiger partial charge in [-0.15, -0.1) is 0 Å². The molecule has 19 heavy (non-hydrogen) atoms. The normalized spacial score (nSPS) is 10.9. The third kappa shape index (κ3) is 3.42. The molecule has 0 aliphatic rings. The maximum atomic E-state index is 13.4. The minimum absolute atomic E-state index is 0.252. The monoisotopic (exact) mass is 325 g/mol. The zero-order chi connectivity index (χ0) is 13.8. The lowest BCUT2D eigenvalue weighted by Crippen LogP contribution is -2.14. The van der Waals surface area contributed by atoms with Gasteiger partial charge in [0.1, 0.15) is 5.82 Å². The number of rotatable bonds is 5. The van der Waals surface area contributed by atoms with Crippen LogP contribution in [0.2, 0.25) is 0 Å². The Labute approximate surface area is 121 Å². The molecule has 0 amide bonds. The van der Waals surface area contributed by atoms with Crippen LogP contribution in [-0.4, -0.2) is 16.3 Å². The highest BCUT2D eigenvalue weighted by atomic mass is 79.9.